The minimum Gasteiger partial charge on any atom is -0.336 e. The quantitative estimate of drug-likeness (QED) is 0.741. The summed E-state index contributed by atoms with van der Waals surface area (Å²) in [5.41, 5.74) is 0.895. The molecule has 0 spiro atoms. The van der Waals surface area contributed by atoms with Crippen LogP contribution < -0.4 is 4.90 Å². The molecule has 2 heterocycles. The van der Waals surface area contributed by atoms with Crippen molar-refractivity contribution in [3.8, 4) is 0 Å². The van der Waals surface area contributed by atoms with Crippen LogP contribution in [0.25, 0.3) is 0 Å². The molecule has 0 aliphatic carbocycles. The topological polar surface area (TPSA) is 23.6 Å². The number of carbonyl (C=O) groups excluding carboxylic acids is 1. The van der Waals surface area contributed by atoms with Gasteiger partial charge in [-0.15, -0.1) is 0 Å². The Morgan fingerprint density at radius 2 is 1.70 bits per heavy atom. The minimum absolute atomic E-state index is 0.0409. The molecule has 3 nitrogen and oxygen atoms in total. The van der Waals surface area contributed by atoms with Gasteiger partial charge >= 0.3 is 0 Å². The van der Waals surface area contributed by atoms with Crippen LogP contribution in [0.1, 0.15) is 38.5 Å². The van der Waals surface area contributed by atoms with Gasteiger partial charge in [0.25, 0.3) is 5.91 Å². The Hall–Kier alpha value is -1.42. The molecule has 1 atom stereocenters. The van der Waals surface area contributed by atoms with Crippen LogP contribution in [0.3, 0.4) is 0 Å². The molecule has 0 aromatic heterocycles. The second-order valence-electron chi connectivity index (χ2n) is 5.56. The molecule has 2 saturated heterocycles. The van der Waals surface area contributed by atoms with E-state index in [9.17, 15) is 4.79 Å². The lowest BCUT2D eigenvalue weighted by Gasteiger charge is -2.23. The molecule has 0 N–H and O–H groups in total. The van der Waals surface area contributed by atoms with Crippen molar-refractivity contribution in [2.24, 2.45) is 0 Å². The third-order valence-corrected chi connectivity index (χ3v) is 4.63. The van der Waals surface area contributed by atoms with Crippen LogP contribution in [0, 0.1) is 0 Å². The lowest BCUT2D eigenvalue weighted by molar-refractivity contribution is -0.119. The molecule has 1 amide bonds. The highest BCUT2D eigenvalue weighted by atomic mass is 32.1. The number of anilines is 1. The van der Waals surface area contributed by atoms with E-state index in [1.54, 1.807) is 4.90 Å². The van der Waals surface area contributed by atoms with Crippen LogP contribution in [0.15, 0.2) is 30.3 Å². The van der Waals surface area contributed by atoms with E-state index in [1.165, 1.54) is 19.3 Å². The number of benzene rings is 1. The number of fused-ring (bicyclic) bond motifs is 1. The van der Waals surface area contributed by atoms with Crippen LogP contribution in [-0.4, -0.2) is 28.5 Å². The molecule has 20 heavy (non-hydrogen) atoms. The lowest BCUT2D eigenvalue weighted by atomic mass is 10.1. The Bertz CT molecular complexity index is 476. The first kappa shape index (κ1) is 13.6. The number of hydrogen-bond acceptors (Lipinski definition) is 2. The Labute approximate surface area is 125 Å². The largest absolute Gasteiger partial charge is 0.336 e. The number of thiocarbonyl (C=S) groups is 1. The fraction of sp³-hybridized carbons (Fsp3) is 0.500. The third kappa shape index (κ3) is 2.44. The third-order valence-electron chi connectivity index (χ3n) is 4.21. The summed E-state index contributed by atoms with van der Waals surface area (Å²) in [6, 6.07) is 9.73. The van der Waals surface area contributed by atoms with Crippen molar-refractivity contribution < 1.29 is 4.79 Å². The highest BCUT2D eigenvalue weighted by molar-refractivity contribution is 7.80. The first-order chi connectivity index (χ1) is 9.79. The molecule has 1 aromatic rings. The van der Waals surface area contributed by atoms with Gasteiger partial charge in [0.05, 0.1) is 5.69 Å². The monoisotopic (exact) mass is 288 g/mol. The Morgan fingerprint density at radius 3 is 2.50 bits per heavy atom. The van der Waals surface area contributed by atoms with Crippen LogP contribution in [0.2, 0.25) is 0 Å². The van der Waals surface area contributed by atoms with Crippen molar-refractivity contribution in [2.45, 2.75) is 44.6 Å². The highest BCUT2D eigenvalue weighted by Gasteiger charge is 2.42. The van der Waals surface area contributed by atoms with Gasteiger partial charge in [0.2, 0.25) is 0 Å². The van der Waals surface area contributed by atoms with Crippen molar-refractivity contribution in [1.82, 2.24) is 4.90 Å². The van der Waals surface area contributed by atoms with E-state index in [0.717, 1.165) is 31.5 Å². The number of rotatable bonds is 1. The summed E-state index contributed by atoms with van der Waals surface area (Å²) < 4.78 is 0. The molecule has 0 radical (unpaired) electrons. The average molecular weight is 288 g/mol. The van der Waals surface area contributed by atoms with E-state index in [2.05, 4.69) is 4.90 Å². The first-order valence-electron chi connectivity index (χ1n) is 7.48. The second-order valence-corrected chi connectivity index (χ2v) is 5.92. The first-order valence-corrected chi connectivity index (χ1v) is 7.89. The molecule has 3 rings (SSSR count). The summed E-state index contributed by atoms with van der Waals surface area (Å²) >= 11 is 5.58. The van der Waals surface area contributed by atoms with Crippen molar-refractivity contribution >= 4 is 28.9 Å². The number of carbonyl (C=O) groups is 1. The zero-order valence-electron chi connectivity index (χ0n) is 11.6. The maximum Gasteiger partial charge on any atom is 0.256 e. The summed E-state index contributed by atoms with van der Waals surface area (Å²) in [5.74, 6) is 0.156. The van der Waals surface area contributed by atoms with Gasteiger partial charge in [-0.3, -0.25) is 9.69 Å². The molecular weight excluding hydrogens is 268 g/mol. The molecule has 106 valence electrons. The zero-order chi connectivity index (χ0) is 13.9. The van der Waals surface area contributed by atoms with Crippen LogP contribution >= 0.6 is 12.2 Å². The summed E-state index contributed by atoms with van der Waals surface area (Å²) in [4.78, 5) is 16.6. The minimum atomic E-state index is -0.0409. The predicted octanol–water partition coefficient (Wildman–Crippen LogP) is 3.34. The van der Waals surface area contributed by atoms with E-state index >= 15 is 0 Å². The zero-order valence-corrected chi connectivity index (χ0v) is 12.4. The molecule has 2 aliphatic rings. The summed E-state index contributed by atoms with van der Waals surface area (Å²) in [6.45, 7) is 0.915. The van der Waals surface area contributed by atoms with E-state index in [0.29, 0.717) is 5.11 Å². The number of hydrogen-bond donors (Lipinski definition) is 0. The number of nitrogens with zero attached hydrogens (tertiary/aromatic N) is 2. The Balaban J connectivity index is 1.88. The van der Waals surface area contributed by atoms with Gasteiger partial charge in [-0.05, 0) is 37.2 Å². The van der Waals surface area contributed by atoms with Gasteiger partial charge < -0.3 is 4.90 Å². The molecule has 1 aromatic carbocycles. The standard InChI is InChI=1S/C16H20N2OS/c19-15-14-11-7-2-1-3-8-12-17(14)16(20)18(15)13-9-5-4-6-10-13/h4-6,9-10,14H,1-3,7-8,11-12H2/t14-/m1/s1. The average Bonchev–Trinajstić information content (AvgIpc) is 2.77. The summed E-state index contributed by atoms with van der Waals surface area (Å²) in [7, 11) is 0. The van der Waals surface area contributed by atoms with Gasteiger partial charge in [-0.25, -0.2) is 0 Å². The van der Waals surface area contributed by atoms with Gasteiger partial charge in [-0.2, -0.15) is 0 Å². The highest BCUT2D eigenvalue weighted by Crippen LogP contribution is 2.29. The van der Waals surface area contributed by atoms with Crippen LogP contribution in [0.4, 0.5) is 5.69 Å². The Morgan fingerprint density at radius 1 is 1.00 bits per heavy atom. The molecule has 0 bridgehead atoms. The molecule has 4 heteroatoms. The SMILES string of the molecule is O=C1[C@H]2CCCCCCCN2C(=S)N1c1ccccc1. The van der Waals surface area contributed by atoms with Gasteiger partial charge in [-0.1, -0.05) is 43.9 Å². The van der Waals surface area contributed by atoms with E-state index in [-0.39, 0.29) is 11.9 Å². The summed E-state index contributed by atoms with van der Waals surface area (Å²) in [6.07, 6.45) is 6.94. The van der Waals surface area contributed by atoms with Gasteiger partial charge in [0.1, 0.15) is 6.04 Å². The van der Waals surface area contributed by atoms with Gasteiger partial charge in [0, 0.05) is 6.54 Å². The summed E-state index contributed by atoms with van der Waals surface area (Å²) in [5, 5.41) is 0.688. The fourth-order valence-electron chi connectivity index (χ4n) is 3.13. The molecule has 2 aliphatic heterocycles. The fourth-order valence-corrected chi connectivity index (χ4v) is 3.55. The predicted molar refractivity (Wildman–Crippen MR) is 84.7 cm³/mol. The smallest absolute Gasteiger partial charge is 0.256 e. The molecule has 0 saturated carbocycles. The maximum absolute atomic E-state index is 12.7. The van der Waals surface area contributed by atoms with E-state index < -0.39 is 0 Å². The van der Waals surface area contributed by atoms with E-state index in [4.69, 9.17) is 12.2 Å². The van der Waals surface area contributed by atoms with E-state index in [1.807, 2.05) is 30.3 Å². The van der Waals surface area contributed by atoms with Crippen molar-refractivity contribution in [3.05, 3.63) is 30.3 Å². The number of para-hydroxylation sites is 1. The van der Waals surface area contributed by atoms with Gasteiger partial charge in [0.15, 0.2) is 5.11 Å². The van der Waals surface area contributed by atoms with Crippen molar-refractivity contribution in [1.29, 1.82) is 0 Å². The van der Waals surface area contributed by atoms with Crippen molar-refractivity contribution in [3.63, 3.8) is 0 Å². The maximum atomic E-state index is 12.7. The lowest BCUT2D eigenvalue weighted by Crippen LogP contribution is -2.35. The molecule has 2 fully saturated rings. The van der Waals surface area contributed by atoms with Crippen molar-refractivity contribution in [2.75, 3.05) is 11.4 Å². The second kappa shape index (κ2) is 5.92. The van der Waals surface area contributed by atoms with Crippen LogP contribution in [0.5, 0.6) is 0 Å². The molecule has 0 unspecified atom stereocenters. The Kier molecular flexibility index (Phi) is 4.01. The number of amides is 1. The molecular formula is C16H20N2OS. The van der Waals surface area contributed by atoms with Crippen LogP contribution in [-0.2, 0) is 4.79 Å². The normalized spacial score (nSPS) is 24.1.